The number of nitrogens with one attached hydrogen (secondary N) is 1. The second kappa shape index (κ2) is 12.8. The first-order valence-corrected chi connectivity index (χ1v) is 15.4. The van der Waals surface area contributed by atoms with Gasteiger partial charge in [0.15, 0.2) is 0 Å². The van der Waals surface area contributed by atoms with Gasteiger partial charge < -0.3 is 10.2 Å². The average Bonchev–Trinajstić information content (AvgIpc) is 3.43. The number of halogens is 1. The Morgan fingerprint density at radius 2 is 1.67 bits per heavy atom. The minimum atomic E-state index is -4.07. The number of anilines is 1. The van der Waals surface area contributed by atoms with E-state index in [0.29, 0.717) is 5.69 Å². The van der Waals surface area contributed by atoms with Gasteiger partial charge in [0, 0.05) is 17.1 Å². The SMILES string of the molecule is Cc1cccc(N(CC(=O)N(Cc2cccc(Br)c2)[C@@H](C)C(=O)NC2CCCC2)S(=O)(=O)c2ccccc2)c1. The number of hydrogen-bond donors (Lipinski definition) is 1. The Morgan fingerprint density at radius 1 is 0.974 bits per heavy atom. The molecule has 1 aliphatic carbocycles. The van der Waals surface area contributed by atoms with Crippen molar-refractivity contribution in [3.63, 3.8) is 0 Å². The summed E-state index contributed by atoms with van der Waals surface area (Å²) in [6.45, 7) is 3.27. The largest absolute Gasteiger partial charge is 0.352 e. The minimum Gasteiger partial charge on any atom is -0.352 e. The summed E-state index contributed by atoms with van der Waals surface area (Å²) in [7, 11) is -4.07. The molecule has 0 radical (unpaired) electrons. The third-order valence-electron chi connectivity index (χ3n) is 7.01. The number of rotatable bonds is 10. The number of nitrogens with zero attached hydrogens (tertiary/aromatic N) is 2. The van der Waals surface area contributed by atoms with Crippen molar-refractivity contribution in [1.29, 1.82) is 0 Å². The van der Waals surface area contributed by atoms with Crippen LogP contribution in [0.25, 0.3) is 0 Å². The molecule has 0 aliphatic heterocycles. The van der Waals surface area contributed by atoms with Gasteiger partial charge in [-0.05, 0) is 74.2 Å². The lowest BCUT2D eigenvalue weighted by Crippen LogP contribution is -2.52. The molecule has 9 heteroatoms. The van der Waals surface area contributed by atoms with Crippen molar-refractivity contribution in [1.82, 2.24) is 10.2 Å². The normalized spacial score (nSPS) is 14.5. The highest BCUT2D eigenvalue weighted by Gasteiger charge is 2.33. The first kappa shape index (κ1) is 28.8. The number of carbonyl (C=O) groups is 2. The van der Waals surface area contributed by atoms with E-state index < -0.39 is 28.5 Å². The van der Waals surface area contributed by atoms with Gasteiger partial charge in [0.05, 0.1) is 10.6 Å². The third-order valence-corrected chi connectivity index (χ3v) is 9.29. The Bertz CT molecular complexity index is 1410. The summed E-state index contributed by atoms with van der Waals surface area (Å²) in [6, 6.07) is 21.9. The van der Waals surface area contributed by atoms with E-state index in [0.717, 1.165) is 45.6 Å². The number of hydrogen-bond acceptors (Lipinski definition) is 4. The van der Waals surface area contributed by atoms with Crippen molar-refractivity contribution in [2.75, 3.05) is 10.8 Å². The van der Waals surface area contributed by atoms with Crippen LogP contribution in [-0.4, -0.2) is 43.8 Å². The molecule has 0 bridgehead atoms. The van der Waals surface area contributed by atoms with Crippen LogP contribution in [0.2, 0.25) is 0 Å². The molecule has 1 aliphatic rings. The number of amides is 2. The smallest absolute Gasteiger partial charge is 0.264 e. The van der Waals surface area contributed by atoms with Crippen LogP contribution in [0.1, 0.15) is 43.7 Å². The van der Waals surface area contributed by atoms with Crippen LogP contribution in [0.3, 0.4) is 0 Å². The van der Waals surface area contributed by atoms with Crippen LogP contribution in [-0.2, 0) is 26.2 Å². The zero-order valence-corrected chi connectivity index (χ0v) is 24.6. The molecule has 0 saturated heterocycles. The monoisotopic (exact) mass is 611 g/mol. The molecular formula is C30H34BrN3O4S. The summed E-state index contributed by atoms with van der Waals surface area (Å²) >= 11 is 3.47. The number of aryl methyl sites for hydroxylation is 1. The van der Waals surface area contributed by atoms with Crippen molar-refractivity contribution in [2.24, 2.45) is 0 Å². The molecule has 3 aromatic carbocycles. The molecule has 7 nitrogen and oxygen atoms in total. The van der Waals surface area contributed by atoms with Gasteiger partial charge >= 0.3 is 0 Å². The van der Waals surface area contributed by atoms with Crippen molar-refractivity contribution < 1.29 is 18.0 Å². The van der Waals surface area contributed by atoms with Crippen LogP contribution in [0.4, 0.5) is 5.69 Å². The summed E-state index contributed by atoms with van der Waals surface area (Å²) in [4.78, 5) is 28.8. The average molecular weight is 613 g/mol. The van der Waals surface area contributed by atoms with E-state index >= 15 is 0 Å². The summed E-state index contributed by atoms with van der Waals surface area (Å²) in [5.74, 6) is -0.705. The van der Waals surface area contributed by atoms with Crippen molar-refractivity contribution in [2.45, 2.75) is 63.1 Å². The molecule has 1 atom stereocenters. The van der Waals surface area contributed by atoms with Gasteiger partial charge in [-0.25, -0.2) is 8.42 Å². The minimum absolute atomic E-state index is 0.0878. The fourth-order valence-electron chi connectivity index (χ4n) is 4.84. The van der Waals surface area contributed by atoms with Gasteiger partial charge in [0.25, 0.3) is 10.0 Å². The molecule has 1 fully saturated rings. The van der Waals surface area contributed by atoms with Gasteiger partial charge in [-0.1, -0.05) is 71.2 Å². The molecule has 39 heavy (non-hydrogen) atoms. The van der Waals surface area contributed by atoms with E-state index in [-0.39, 0.29) is 23.4 Å². The molecule has 0 aromatic heterocycles. The highest BCUT2D eigenvalue weighted by atomic mass is 79.9. The van der Waals surface area contributed by atoms with Crippen molar-refractivity contribution in [3.8, 4) is 0 Å². The zero-order chi connectivity index (χ0) is 28.0. The number of sulfonamides is 1. The molecule has 1 saturated carbocycles. The molecule has 0 unspecified atom stereocenters. The highest BCUT2D eigenvalue weighted by molar-refractivity contribution is 9.10. The predicted molar refractivity (Wildman–Crippen MR) is 157 cm³/mol. The molecule has 3 aromatic rings. The highest BCUT2D eigenvalue weighted by Crippen LogP contribution is 2.26. The maximum absolute atomic E-state index is 14.0. The second-order valence-electron chi connectivity index (χ2n) is 9.98. The molecular weight excluding hydrogens is 578 g/mol. The third kappa shape index (κ3) is 7.28. The quantitative estimate of drug-likeness (QED) is 0.331. The Morgan fingerprint density at radius 3 is 2.33 bits per heavy atom. The van der Waals surface area contributed by atoms with Crippen LogP contribution < -0.4 is 9.62 Å². The van der Waals surface area contributed by atoms with Gasteiger partial charge in [-0.3, -0.25) is 13.9 Å². The van der Waals surface area contributed by atoms with Gasteiger partial charge in [0.1, 0.15) is 12.6 Å². The Balaban J connectivity index is 1.68. The van der Waals surface area contributed by atoms with Crippen LogP contribution in [0.15, 0.2) is 88.2 Å². The molecule has 1 N–H and O–H groups in total. The molecule has 206 valence electrons. The fourth-order valence-corrected chi connectivity index (χ4v) is 6.71. The van der Waals surface area contributed by atoms with E-state index in [1.54, 1.807) is 43.3 Å². The molecule has 2 amide bonds. The maximum atomic E-state index is 14.0. The van der Waals surface area contributed by atoms with E-state index in [4.69, 9.17) is 0 Å². The van der Waals surface area contributed by atoms with Gasteiger partial charge in [-0.2, -0.15) is 0 Å². The lowest BCUT2D eigenvalue weighted by atomic mass is 10.1. The Labute approximate surface area is 239 Å². The lowest BCUT2D eigenvalue weighted by Gasteiger charge is -2.32. The van der Waals surface area contributed by atoms with Crippen LogP contribution >= 0.6 is 15.9 Å². The molecule has 4 rings (SSSR count). The van der Waals surface area contributed by atoms with E-state index in [1.165, 1.54) is 17.0 Å². The number of benzene rings is 3. The number of carbonyl (C=O) groups excluding carboxylic acids is 2. The zero-order valence-electron chi connectivity index (χ0n) is 22.2. The summed E-state index contributed by atoms with van der Waals surface area (Å²) < 4.78 is 29.6. The molecule has 0 spiro atoms. The van der Waals surface area contributed by atoms with Crippen LogP contribution in [0.5, 0.6) is 0 Å². The lowest BCUT2D eigenvalue weighted by molar-refractivity contribution is -0.139. The first-order chi connectivity index (χ1) is 18.6. The maximum Gasteiger partial charge on any atom is 0.264 e. The molecule has 0 heterocycles. The van der Waals surface area contributed by atoms with Crippen molar-refractivity contribution in [3.05, 3.63) is 94.5 Å². The fraction of sp³-hybridized carbons (Fsp3) is 0.333. The first-order valence-electron chi connectivity index (χ1n) is 13.1. The second-order valence-corrected chi connectivity index (χ2v) is 12.8. The van der Waals surface area contributed by atoms with E-state index in [1.807, 2.05) is 37.3 Å². The van der Waals surface area contributed by atoms with E-state index in [2.05, 4.69) is 21.2 Å². The Kier molecular flexibility index (Phi) is 9.45. The topological polar surface area (TPSA) is 86.8 Å². The van der Waals surface area contributed by atoms with Crippen molar-refractivity contribution >= 4 is 43.5 Å². The van der Waals surface area contributed by atoms with Gasteiger partial charge in [0.2, 0.25) is 11.8 Å². The summed E-state index contributed by atoms with van der Waals surface area (Å²) in [5.41, 5.74) is 2.08. The standard InChI is InChI=1S/C30H34BrN3O4S/c1-22-10-8-15-27(18-22)34(39(37,38)28-16-4-3-5-17-28)21-29(35)33(20-24-11-9-12-25(31)19-24)23(2)30(36)32-26-13-6-7-14-26/h3-5,8-12,15-19,23,26H,6-7,13-14,20-21H2,1-2H3,(H,32,36)/t23-/m0/s1. The van der Waals surface area contributed by atoms with Crippen LogP contribution in [0, 0.1) is 6.92 Å². The van der Waals surface area contributed by atoms with Gasteiger partial charge in [-0.15, -0.1) is 0 Å². The summed E-state index contributed by atoms with van der Waals surface area (Å²) in [6.07, 6.45) is 3.99. The predicted octanol–water partition coefficient (Wildman–Crippen LogP) is 5.43. The Hall–Kier alpha value is -3.17. The van der Waals surface area contributed by atoms with E-state index in [9.17, 15) is 18.0 Å². The summed E-state index contributed by atoms with van der Waals surface area (Å²) in [5, 5.41) is 3.09.